The van der Waals surface area contributed by atoms with E-state index in [0.717, 1.165) is 17.7 Å². The molecule has 3 heterocycles. The molecule has 6 rings (SSSR count). The lowest BCUT2D eigenvalue weighted by Crippen LogP contribution is -2.52. The molecular formula is C38H40N6O10. The fraction of sp³-hybridized carbons (Fsp3) is 0.368. The molecule has 282 valence electrons. The van der Waals surface area contributed by atoms with E-state index in [9.17, 15) is 38.7 Å². The van der Waals surface area contributed by atoms with Gasteiger partial charge in [0.15, 0.2) is 5.78 Å². The quantitative estimate of drug-likeness (QED) is 0.100. The van der Waals surface area contributed by atoms with Crippen LogP contribution in [0, 0.1) is 0 Å². The van der Waals surface area contributed by atoms with Crippen molar-refractivity contribution >= 4 is 53.4 Å². The van der Waals surface area contributed by atoms with Crippen LogP contribution in [0.25, 0.3) is 0 Å². The fourth-order valence-corrected chi connectivity index (χ4v) is 6.85. The van der Waals surface area contributed by atoms with Gasteiger partial charge in [0.25, 0.3) is 5.91 Å². The van der Waals surface area contributed by atoms with Crippen LogP contribution in [-0.4, -0.2) is 120 Å². The smallest absolute Gasteiger partial charge is 0.414 e. The van der Waals surface area contributed by atoms with E-state index in [-0.39, 0.29) is 54.0 Å². The van der Waals surface area contributed by atoms with Gasteiger partial charge in [-0.05, 0) is 30.0 Å². The Labute approximate surface area is 310 Å². The third kappa shape index (κ3) is 9.06. The second-order valence-corrected chi connectivity index (χ2v) is 13.2. The monoisotopic (exact) mass is 740 g/mol. The Balaban J connectivity index is 0.873. The summed E-state index contributed by atoms with van der Waals surface area (Å²) in [5, 5.41) is 15.3. The number of piperazine rings is 1. The first-order chi connectivity index (χ1) is 26.1. The van der Waals surface area contributed by atoms with E-state index in [1.165, 1.54) is 11.1 Å². The lowest BCUT2D eigenvalue weighted by Gasteiger charge is -2.33. The minimum absolute atomic E-state index is 0.0404. The number of ether oxygens (including phenoxy) is 2. The number of fused-ring (bicyclic) bond motifs is 1. The average molecular weight is 741 g/mol. The van der Waals surface area contributed by atoms with E-state index in [4.69, 9.17) is 9.47 Å². The molecule has 2 fully saturated rings. The molecule has 2 unspecified atom stereocenters. The molecule has 16 nitrogen and oxygen atoms in total. The third-order valence-corrected chi connectivity index (χ3v) is 9.78. The molecule has 2 saturated heterocycles. The highest BCUT2D eigenvalue weighted by molar-refractivity contribution is 6.14. The van der Waals surface area contributed by atoms with Crippen LogP contribution in [0.1, 0.15) is 53.1 Å². The highest BCUT2D eigenvalue weighted by Gasteiger charge is 2.40. The first kappa shape index (κ1) is 37.6. The van der Waals surface area contributed by atoms with Crippen molar-refractivity contribution < 1.29 is 48.1 Å². The zero-order valence-corrected chi connectivity index (χ0v) is 29.4. The number of nitrogens with zero attached hydrogens (tertiary/aromatic N) is 4. The van der Waals surface area contributed by atoms with Crippen LogP contribution in [0.5, 0.6) is 0 Å². The number of allylic oxidation sites excluding steroid dienone is 2. The van der Waals surface area contributed by atoms with Gasteiger partial charge in [-0.15, -0.1) is 0 Å². The lowest BCUT2D eigenvalue weighted by molar-refractivity contribution is -0.146. The van der Waals surface area contributed by atoms with E-state index < -0.39 is 42.6 Å². The summed E-state index contributed by atoms with van der Waals surface area (Å²) in [5.74, 6) is -2.75. The first-order valence-electron chi connectivity index (χ1n) is 17.6. The normalized spacial score (nSPS) is 20.7. The van der Waals surface area contributed by atoms with Crippen LogP contribution in [0.4, 0.5) is 10.5 Å². The molecule has 54 heavy (non-hydrogen) atoms. The topological polar surface area (TPSA) is 204 Å². The minimum Gasteiger partial charge on any atom is -0.511 e. The number of imide groups is 1. The van der Waals surface area contributed by atoms with Crippen molar-refractivity contribution in [1.82, 2.24) is 20.0 Å². The summed E-state index contributed by atoms with van der Waals surface area (Å²) in [7, 11) is 0. The van der Waals surface area contributed by atoms with E-state index in [2.05, 4.69) is 20.5 Å². The van der Waals surface area contributed by atoms with Crippen molar-refractivity contribution in [2.75, 3.05) is 51.4 Å². The summed E-state index contributed by atoms with van der Waals surface area (Å²) >= 11 is 0. The van der Waals surface area contributed by atoms with Crippen LogP contribution >= 0.6 is 0 Å². The predicted molar refractivity (Wildman–Crippen MR) is 192 cm³/mol. The number of hydrogen-bond donors (Lipinski definition) is 3. The number of esters is 1. The zero-order chi connectivity index (χ0) is 38.2. The molecule has 0 bridgehead atoms. The van der Waals surface area contributed by atoms with Crippen LogP contribution in [-0.2, 0) is 40.0 Å². The molecule has 1 aliphatic carbocycles. The lowest BCUT2D eigenvalue weighted by atomic mass is 9.83. The van der Waals surface area contributed by atoms with Gasteiger partial charge in [0.05, 0.1) is 12.1 Å². The Kier molecular flexibility index (Phi) is 11.9. The zero-order valence-electron chi connectivity index (χ0n) is 29.4. The molecule has 0 saturated carbocycles. The number of aliphatic imine (C=N–C) groups is 1. The summed E-state index contributed by atoms with van der Waals surface area (Å²) < 4.78 is 9.84. The first-order valence-corrected chi connectivity index (χ1v) is 17.6. The van der Waals surface area contributed by atoms with E-state index in [1.807, 2.05) is 30.3 Å². The Morgan fingerprint density at radius 2 is 1.72 bits per heavy atom. The Hall–Kier alpha value is -6.16. The molecule has 0 aromatic heterocycles. The third-order valence-electron chi connectivity index (χ3n) is 9.78. The number of hydrogen-bond acceptors (Lipinski definition) is 12. The number of amides is 5. The summed E-state index contributed by atoms with van der Waals surface area (Å²) in [6.07, 6.45) is 3.55. The van der Waals surface area contributed by atoms with Crippen LogP contribution < -0.4 is 10.6 Å². The SMILES string of the molecule is O=C1CCC(N2Cc3c(NC(=O)OCOC(=O)/C=C/C(=O)N4CCN(CCN=CC5=C(O)CC(c6ccccc6)CC5=O)CC4)cccc3C2=O)C(=O)N1. The Morgan fingerprint density at radius 1 is 0.944 bits per heavy atom. The maximum atomic E-state index is 13.0. The molecule has 4 aliphatic rings. The molecule has 0 radical (unpaired) electrons. The number of ketones is 1. The molecule has 3 aliphatic heterocycles. The van der Waals surface area contributed by atoms with E-state index in [0.29, 0.717) is 63.2 Å². The highest BCUT2D eigenvalue weighted by Crippen LogP contribution is 2.34. The largest absolute Gasteiger partial charge is 0.511 e. The van der Waals surface area contributed by atoms with Gasteiger partial charge in [0.1, 0.15) is 11.8 Å². The molecule has 2 aromatic rings. The van der Waals surface area contributed by atoms with E-state index in [1.54, 1.807) is 23.1 Å². The van der Waals surface area contributed by atoms with E-state index >= 15 is 0 Å². The van der Waals surface area contributed by atoms with Gasteiger partial charge in [-0.25, -0.2) is 9.59 Å². The van der Waals surface area contributed by atoms with Crippen molar-refractivity contribution in [2.45, 2.75) is 44.2 Å². The van der Waals surface area contributed by atoms with Gasteiger partial charge in [0, 0.05) is 93.7 Å². The molecule has 16 heteroatoms. The van der Waals surface area contributed by atoms with Crippen LogP contribution in [0.3, 0.4) is 0 Å². The standard InChI is InChI=1S/C38H40N6O10/c45-31-19-25(24-5-2-1-3-6-24)20-32(46)27(31)21-39-13-14-42-15-17-43(18-16-42)34(48)11-12-35(49)53-23-54-38(52)40-29-8-4-7-26-28(29)22-44(37(26)51)30-9-10-33(47)41-36(30)50/h1-8,11-12,21,25,30,45H,9-10,13-20,22-23H2,(H,40,52)(H,41,47,50)/b12-11+,39-21?. The molecule has 2 atom stereocenters. The number of nitrogens with one attached hydrogen (secondary N) is 2. The van der Waals surface area contributed by atoms with Crippen molar-refractivity contribution in [1.29, 1.82) is 0 Å². The van der Waals surface area contributed by atoms with Gasteiger partial charge < -0.3 is 24.4 Å². The fourth-order valence-electron chi connectivity index (χ4n) is 6.85. The summed E-state index contributed by atoms with van der Waals surface area (Å²) in [5.41, 5.74) is 2.33. The number of piperidine rings is 1. The van der Waals surface area contributed by atoms with Crippen molar-refractivity contribution in [3.63, 3.8) is 0 Å². The van der Waals surface area contributed by atoms with Crippen molar-refractivity contribution in [3.05, 3.63) is 88.7 Å². The highest BCUT2D eigenvalue weighted by atomic mass is 16.7. The maximum Gasteiger partial charge on any atom is 0.414 e. The molecular weight excluding hydrogens is 700 g/mol. The maximum absolute atomic E-state index is 13.0. The number of aliphatic hydroxyl groups is 1. The number of Topliss-reactive ketones (excluding diaryl/α,β-unsaturated/α-hetero) is 1. The van der Waals surface area contributed by atoms with Gasteiger partial charge in [0.2, 0.25) is 24.5 Å². The molecule has 3 N–H and O–H groups in total. The number of carbonyl (C=O) groups is 7. The second-order valence-electron chi connectivity index (χ2n) is 13.2. The number of carbonyl (C=O) groups excluding carboxylic acids is 7. The van der Waals surface area contributed by atoms with Crippen molar-refractivity contribution in [3.8, 4) is 0 Å². The van der Waals surface area contributed by atoms with Crippen LogP contribution in [0.15, 0.2) is 77.0 Å². The van der Waals surface area contributed by atoms with Gasteiger partial charge in [-0.3, -0.25) is 44.5 Å². The number of rotatable bonds is 11. The summed E-state index contributed by atoms with van der Waals surface area (Å²) in [6.45, 7) is 2.35. The summed E-state index contributed by atoms with van der Waals surface area (Å²) in [4.78, 5) is 96.2. The van der Waals surface area contributed by atoms with Gasteiger partial charge >= 0.3 is 12.1 Å². The Bertz CT molecular complexity index is 1920. The van der Waals surface area contributed by atoms with Crippen LogP contribution in [0.2, 0.25) is 0 Å². The molecule has 2 aromatic carbocycles. The second kappa shape index (κ2) is 17.1. The minimum atomic E-state index is -0.957. The van der Waals surface area contributed by atoms with Gasteiger partial charge in [-0.1, -0.05) is 36.4 Å². The number of benzene rings is 2. The number of anilines is 1. The number of aliphatic hydroxyl groups excluding tert-OH is 1. The average Bonchev–Trinajstić information content (AvgIpc) is 3.50. The Morgan fingerprint density at radius 3 is 2.46 bits per heavy atom. The summed E-state index contributed by atoms with van der Waals surface area (Å²) in [6, 6.07) is 13.5. The molecule has 5 amide bonds. The van der Waals surface area contributed by atoms with Crippen molar-refractivity contribution in [2.24, 2.45) is 4.99 Å². The molecule has 0 spiro atoms. The predicted octanol–water partition coefficient (Wildman–Crippen LogP) is 2.23. The van der Waals surface area contributed by atoms with Gasteiger partial charge in [-0.2, -0.15) is 0 Å².